The molecule has 1 N–H and O–H groups in total. The highest BCUT2D eigenvalue weighted by molar-refractivity contribution is 7.92. The van der Waals surface area contributed by atoms with Crippen molar-refractivity contribution < 1.29 is 22.7 Å². The Bertz CT molecular complexity index is 1380. The molecule has 208 valence electrons. The molecule has 0 radical (unpaired) electrons. The highest BCUT2D eigenvalue weighted by atomic mass is 35.5. The number of halogens is 1. The summed E-state index contributed by atoms with van der Waals surface area (Å²) in [6.07, 6.45) is 0.351. The first-order valence-electron chi connectivity index (χ1n) is 12.7. The summed E-state index contributed by atoms with van der Waals surface area (Å²) in [5, 5.41) is 2.98. The molecule has 0 aliphatic rings. The van der Waals surface area contributed by atoms with Crippen molar-refractivity contribution in [3.8, 4) is 5.75 Å². The molecule has 3 aromatic rings. The molecule has 1 atom stereocenters. The minimum absolute atomic E-state index is 0.0261. The van der Waals surface area contributed by atoms with Crippen molar-refractivity contribution in [3.05, 3.63) is 88.9 Å². The zero-order chi connectivity index (χ0) is 28.6. The number of carbonyl (C=O) groups is 2. The van der Waals surface area contributed by atoms with E-state index in [1.54, 1.807) is 25.1 Å². The molecule has 0 aliphatic heterocycles. The molecule has 3 rings (SSSR count). The lowest BCUT2D eigenvalue weighted by molar-refractivity contribution is -0.140. The first-order valence-corrected chi connectivity index (χ1v) is 14.5. The smallest absolute Gasteiger partial charge is 0.264 e. The van der Waals surface area contributed by atoms with Crippen LogP contribution in [0.25, 0.3) is 0 Å². The van der Waals surface area contributed by atoms with Gasteiger partial charge in [-0.05, 0) is 56.2 Å². The second-order valence-electron chi connectivity index (χ2n) is 8.97. The SMILES string of the molecule is CCNC(=O)C(CC)N(Cc1ccccc1)C(=O)CN(c1ccc(OC)c(Cl)c1)S(=O)(=O)c1ccc(C)cc1. The Kier molecular flexibility index (Phi) is 10.4. The highest BCUT2D eigenvalue weighted by Crippen LogP contribution is 2.32. The van der Waals surface area contributed by atoms with Crippen LogP contribution in [0.3, 0.4) is 0 Å². The van der Waals surface area contributed by atoms with Gasteiger partial charge < -0.3 is 15.0 Å². The third-order valence-corrected chi connectivity index (χ3v) is 8.33. The minimum Gasteiger partial charge on any atom is -0.495 e. The van der Waals surface area contributed by atoms with Crippen molar-refractivity contribution in [2.75, 3.05) is 24.5 Å². The van der Waals surface area contributed by atoms with E-state index in [0.717, 1.165) is 15.4 Å². The zero-order valence-corrected chi connectivity index (χ0v) is 24.1. The van der Waals surface area contributed by atoms with Gasteiger partial charge in [-0.25, -0.2) is 8.42 Å². The van der Waals surface area contributed by atoms with Gasteiger partial charge in [0, 0.05) is 13.1 Å². The molecule has 1 unspecified atom stereocenters. The predicted octanol–water partition coefficient (Wildman–Crippen LogP) is 4.80. The topological polar surface area (TPSA) is 96.0 Å². The fourth-order valence-electron chi connectivity index (χ4n) is 4.17. The second kappa shape index (κ2) is 13.5. The van der Waals surface area contributed by atoms with Gasteiger partial charge in [-0.1, -0.05) is 66.6 Å². The fraction of sp³-hybridized carbons (Fsp3) is 0.310. The first-order chi connectivity index (χ1) is 18.6. The summed E-state index contributed by atoms with van der Waals surface area (Å²) >= 11 is 6.35. The summed E-state index contributed by atoms with van der Waals surface area (Å²) < 4.78 is 34.1. The van der Waals surface area contributed by atoms with Crippen molar-refractivity contribution in [1.29, 1.82) is 0 Å². The van der Waals surface area contributed by atoms with Crippen LogP contribution in [0.4, 0.5) is 5.69 Å². The third-order valence-electron chi connectivity index (χ3n) is 6.24. The third kappa shape index (κ3) is 7.30. The van der Waals surface area contributed by atoms with Crippen molar-refractivity contribution in [2.24, 2.45) is 0 Å². The molecular formula is C29H34ClN3O5S. The predicted molar refractivity (Wildman–Crippen MR) is 153 cm³/mol. The number of benzene rings is 3. The number of nitrogens with zero attached hydrogens (tertiary/aromatic N) is 2. The average Bonchev–Trinajstić information content (AvgIpc) is 2.92. The molecule has 0 bridgehead atoms. The van der Waals surface area contributed by atoms with E-state index < -0.39 is 28.5 Å². The fourth-order valence-corrected chi connectivity index (χ4v) is 5.83. The van der Waals surface area contributed by atoms with Crippen LogP contribution >= 0.6 is 11.6 Å². The number of ether oxygens (including phenoxy) is 1. The van der Waals surface area contributed by atoms with Gasteiger partial charge in [0.05, 0.1) is 22.7 Å². The molecule has 0 aromatic heterocycles. The monoisotopic (exact) mass is 571 g/mol. The maximum Gasteiger partial charge on any atom is 0.264 e. The molecule has 0 saturated heterocycles. The number of anilines is 1. The molecule has 2 amide bonds. The van der Waals surface area contributed by atoms with Gasteiger partial charge in [0.25, 0.3) is 10.0 Å². The lowest BCUT2D eigenvalue weighted by atomic mass is 10.1. The molecule has 0 saturated carbocycles. The largest absolute Gasteiger partial charge is 0.495 e. The summed E-state index contributed by atoms with van der Waals surface area (Å²) in [5.74, 6) is -0.461. The molecule has 8 nitrogen and oxygen atoms in total. The molecule has 0 aliphatic carbocycles. The van der Waals surface area contributed by atoms with Crippen molar-refractivity contribution in [2.45, 2.75) is 44.7 Å². The van der Waals surface area contributed by atoms with Crippen molar-refractivity contribution in [1.82, 2.24) is 10.2 Å². The van der Waals surface area contributed by atoms with E-state index in [9.17, 15) is 18.0 Å². The number of hydrogen-bond donors (Lipinski definition) is 1. The number of rotatable bonds is 12. The Hall–Kier alpha value is -3.56. The Morgan fingerprint density at radius 2 is 1.67 bits per heavy atom. The van der Waals surface area contributed by atoms with Crippen molar-refractivity contribution in [3.63, 3.8) is 0 Å². The number of aryl methyl sites for hydroxylation is 1. The molecule has 0 fully saturated rings. The van der Waals surface area contributed by atoms with E-state index in [0.29, 0.717) is 18.7 Å². The maximum atomic E-state index is 14.0. The van der Waals surface area contributed by atoms with Crippen LogP contribution in [0, 0.1) is 6.92 Å². The number of amides is 2. The van der Waals surface area contributed by atoms with Crippen LogP contribution in [-0.2, 0) is 26.2 Å². The van der Waals surface area contributed by atoms with Crippen LogP contribution in [0.1, 0.15) is 31.4 Å². The van der Waals surface area contributed by atoms with Crippen LogP contribution in [0.15, 0.2) is 77.7 Å². The van der Waals surface area contributed by atoms with Crippen LogP contribution in [0.5, 0.6) is 5.75 Å². The van der Waals surface area contributed by atoms with E-state index in [2.05, 4.69) is 5.32 Å². The average molecular weight is 572 g/mol. The molecule has 0 spiro atoms. The summed E-state index contributed by atoms with van der Waals surface area (Å²) in [5.41, 5.74) is 1.90. The summed E-state index contributed by atoms with van der Waals surface area (Å²) in [6.45, 7) is 5.47. The normalized spacial score (nSPS) is 11.9. The number of methoxy groups -OCH3 is 1. The van der Waals surface area contributed by atoms with Gasteiger partial charge in [0.2, 0.25) is 11.8 Å². The van der Waals surface area contributed by atoms with Crippen molar-refractivity contribution >= 4 is 39.1 Å². The van der Waals surface area contributed by atoms with Gasteiger partial charge >= 0.3 is 0 Å². The number of hydrogen-bond acceptors (Lipinski definition) is 5. The number of nitrogens with one attached hydrogen (secondary N) is 1. The number of sulfonamides is 1. The van der Waals surface area contributed by atoms with E-state index >= 15 is 0 Å². The quantitative estimate of drug-likeness (QED) is 0.337. The number of carbonyl (C=O) groups excluding carboxylic acids is 2. The summed E-state index contributed by atoms with van der Waals surface area (Å²) in [4.78, 5) is 28.4. The van der Waals surface area contributed by atoms with E-state index in [1.165, 1.54) is 36.3 Å². The summed E-state index contributed by atoms with van der Waals surface area (Å²) in [7, 11) is -2.73. The van der Waals surface area contributed by atoms with Crippen LogP contribution in [0.2, 0.25) is 5.02 Å². The second-order valence-corrected chi connectivity index (χ2v) is 11.2. The van der Waals surface area contributed by atoms with Gasteiger partial charge in [-0.3, -0.25) is 13.9 Å². The molecule has 3 aromatic carbocycles. The molecule has 10 heteroatoms. The minimum atomic E-state index is -4.19. The Morgan fingerprint density at radius 1 is 1.00 bits per heavy atom. The zero-order valence-electron chi connectivity index (χ0n) is 22.6. The molecular weight excluding hydrogens is 538 g/mol. The van der Waals surface area contributed by atoms with Gasteiger partial charge in [0.1, 0.15) is 18.3 Å². The Balaban J connectivity index is 2.08. The first kappa shape index (κ1) is 30.0. The Labute approximate surface area is 235 Å². The van der Waals surface area contributed by atoms with E-state index in [-0.39, 0.29) is 28.1 Å². The van der Waals surface area contributed by atoms with E-state index in [1.807, 2.05) is 44.2 Å². The highest BCUT2D eigenvalue weighted by Gasteiger charge is 2.33. The van der Waals surface area contributed by atoms with Crippen LogP contribution in [-0.4, -0.2) is 51.4 Å². The number of likely N-dealkylation sites (N-methyl/N-ethyl adjacent to an activating group) is 1. The van der Waals surface area contributed by atoms with E-state index in [4.69, 9.17) is 16.3 Å². The standard InChI is InChI=1S/C29H34ClN3O5S/c1-5-26(29(35)31-6-2)32(19-22-10-8-7-9-11-22)28(34)20-33(23-14-17-27(38-4)25(30)18-23)39(36,37)24-15-12-21(3)13-16-24/h7-18,26H,5-6,19-20H2,1-4H3,(H,31,35). The summed E-state index contributed by atoms with van der Waals surface area (Å²) in [6, 6.07) is 19.4. The lowest BCUT2D eigenvalue weighted by Gasteiger charge is -2.33. The Morgan fingerprint density at radius 3 is 2.23 bits per heavy atom. The molecule has 39 heavy (non-hydrogen) atoms. The van der Waals surface area contributed by atoms with Gasteiger partial charge in [-0.2, -0.15) is 0 Å². The van der Waals surface area contributed by atoms with Gasteiger partial charge in [-0.15, -0.1) is 0 Å². The maximum absolute atomic E-state index is 14.0. The lowest BCUT2D eigenvalue weighted by Crippen LogP contribution is -2.52. The molecule has 0 heterocycles. The van der Waals surface area contributed by atoms with Crippen LogP contribution < -0.4 is 14.4 Å². The van der Waals surface area contributed by atoms with Gasteiger partial charge in [0.15, 0.2) is 0 Å².